The lowest BCUT2D eigenvalue weighted by Gasteiger charge is -2.36. The number of hydrogen-bond acceptors (Lipinski definition) is 3. The molecule has 0 radical (unpaired) electrons. The van der Waals surface area contributed by atoms with E-state index in [0.717, 1.165) is 52.7 Å². The van der Waals surface area contributed by atoms with Crippen molar-refractivity contribution in [1.29, 1.82) is 0 Å². The monoisotopic (exact) mass is 499 g/mol. The summed E-state index contributed by atoms with van der Waals surface area (Å²) in [7, 11) is 1.69. The first-order chi connectivity index (χ1) is 17.5. The smallest absolute Gasteiger partial charge is 0.255 e. The lowest BCUT2D eigenvalue weighted by Crippen LogP contribution is -2.49. The Morgan fingerprint density at radius 1 is 0.861 bits per heavy atom. The number of aromatic nitrogens is 1. The fourth-order valence-corrected chi connectivity index (χ4v) is 5.02. The SMILES string of the molecule is COc1ccccc1N1CCN(C(=O)c2cc(-c3ccc(Cl)cc3)n(-c3ccc(C)cc3)c2C)CC1. The third-order valence-corrected chi connectivity index (χ3v) is 7.15. The van der Waals surface area contributed by atoms with Gasteiger partial charge in [-0.15, -0.1) is 0 Å². The maximum Gasteiger partial charge on any atom is 0.255 e. The molecule has 1 saturated heterocycles. The molecule has 1 fully saturated rings. The molecule has 4 aromatic rings. The van der Waals surface area contributed by atoms with E-state index < -0.39 is 0 Å². The van der Waals surface area contributed by atoms with Crippen molar-refractivity contribution in [3.05, 3.63) is 101 Å². The zero-order chi connectivity index (χ0) is 25.2. The molecule has 1 aliphatic heterocycles. The van der Waals surface area contributed by atoms with Gasteiger partial charge in [0.05, 0.1) is 24.1 Å². The first-order valence-electron chi connectivity index (χ1n) is 12.2. The van der Waals surface area contributed by atoms with Gasteiger partial charge in [0.15, 0.2) is 0 Å². The van der Waals surface area contributed by atoms with Gasteiger partial charge in [-0.05, 0) is 61.9 Å². The predicted molar refractivity (Wildman–Crippen MR) is 147 cm³/mol. The quantitative estimate of drug-likeness (QED) is 0.319. The Morgan fingerprint density at radius 2 is 1.53 bits per heavy atom. The number of nitrogens with zero attached hydrogens (tertiary/aromatic N) is 3. The second kappa shape index (κ2) is 10.1. The van der Waals surface area contributed by atoms with E-state index in [2.05, 4.69) is 46.7 Å². The average Bonchev–Trinajstić information content (AvgIpc) is 3.26. The number of hydrogen-bond donors (Lipinski definition) is 0. The Balaban J connectivity index is 1.45. The molecule has 1 amide bonds. The van der Waals surface area contributed by atoms with Crippen molar-refractivity contribution >= 4 is 23.2 Å². The number of carbonyl (C=O) groups excluding carboxylic acids is 1. The highest BCUT2D eigenvalue weighted by atomic mass is 35.5. The summed E-state index contributed by atoms with van der Waals surface area (Å²) in [6.45, 7) is 6.93. The van der Waals surface area contributed by atoms with E-state index in [0.29, 0.717) is 18.1 Å². The third kappa shape index (κ3) is 4.59. The molecule has 0 N–H and O–H groups in total. The summed E-state index contributed by atoms with van der Waals surface area (Å²) in [6.07, 6.45) is 0. The van der Waals surface area contributed by atoms with Gasteiger partial charge in [0.25, 0.3) is 5.91 Å². The van der Waals surface area contributed by atoms with E-state index in [1.807, 2.05) is 60.4 Å². The summed E-state index contributed by atoms with van der Waals surface area (Å²) >= 11 is 6.16. The van der Waals surface area contributed by atoms with Crippen LogP contribution >= 0.6 is 11.6 Å². The zero-order valence-corrected chi connectivity index (χ0v) is 21.6. The molecule has 2 heterocycles. The van der Waals surface area contributed by atoms with Crippen LogP contribution in [0.5, 0.6) is 5.75 Å². The predicted octanol–water partition coefficient (Wildman–Crippen LogP) is 6.39. The summed E-state index contributed by atoms with van der Waals surface area (Å²) in [5, 5.41) is 0.688. The van der Waals surface area contributed by atoms with E-state index in [4.69, 9.17) is 16.3 Å². The van der Waals surface area contributed by atoms with E-state index in [-0.39, 0.29) is 5.91 Å². The van der Waals surface area contributed by atoms with E-state index in [9.17, 15) is 4.79 Å². The van der Waals surface area contributed by atoms with Crippen molar-refractivity contribution in [1.82, 2.24) is 9.47 Å². The Hall–Kier alpha value is -3.70. The highest BCUT2D eigenvalue weighted by Gasteiger charge is 2.27. The van der Waals surface area contributed by atoms with Crippen LogP contribution < -0.4 is 9.64 Å². The van der Waals surface area contributed by atoms with Crippen molar-refractivity contribution < 1.29 is 9.53 Å². The number of piperazine rings is 1. The van der Waals surface area contributed by atoms with Gasteiger partial charge in [0.2, 0.25) is 0 Å². The number of methoxy groups -OCH3 is 1. The van der Waals surface area contributed by atoms with E-state index in [1.165, 1.54) is 5.56 Å². The van der Waals surface area contributed by atoms with Crippen molar-refractivity contribution in [2.45, 2.75) is 13.8 Å². The molecule has 1 aliphatic rings. The highest BCUT2D eigenvalue weighted by molar-refractivity contribution is 6.30. The number of anilines is 1. The largest absolute Gasteiger partial charge is 0.495 e. The van der Waals surface area contributed by atoms with Crippen LogP contribution in [0.4, 0.5) is 5.69 Å². The van der Waals surface area contributed by atoms with Crippen molar-refractivity contribution in [3.8, 4) is 22.7 Å². The number of amides is 1. The van der Waals surface area contributed by atoms with Crippen molar-refractivity contribution in [3.63, 3.8) is 0 Å². The molecule has 36 heavy (non-hydrogen) atoms. The summed E-state index contributed by atoms with van der Waals surface area (Å²) in [5.74, 6) is 0.921. The lowest BCUT2D eigenvalue weighted by atomic mass is 10.1. The minimum Gasteiger partial charge on any atom is -0.495 e. The Morgan fingerprint density at radius 3 is 2.19 bits per heavy atom. The zero-order valence-electron chi connectivity index (χ0n) is 20.9. The summed E-state index contributed by atoms with van der Waals surface area (Å²) < 4.78 is 7.71. The standard InChI is InChI=1S/C30H30ClN3O2/c1-21-8-14-25(15-9-21)34-22(2)26(20-28(34)23-10-12-24(31)13-11-23)30(35)33-18-16-32(17-19-33)27-6-4-5-7-29(27)36-3/h4-15,20H,16-19H2,1-3H3. The molecular weight excluding hydrogens is 470 g/mol. The van der Waals surface area contributed by atoms with Crippen molar-refractivity contribution in [2.24, 2.45) is 0 Å². The van der Waals surface area contributed by atoms with Crippen LogP contribution in [-0.2, 0) is 0 Å². The molecular formula is C30H30ClN3O2. The van der Waals surface area contributed by atoms with Crippen molar-refractivity contribution in [2.75, 3.05) is 38.2 Å². The van der Waals surface area contributed by atoms with Gasteiger partial charge >= 0.3 is 0 Å². The lowest BCUT2D eigenvalue weighted by molar-refractivity contribution is 0.0746. The van der Waals surface area contributed by atoms with Gasteiger partial charge in [-0.25, -0.2) is 0 Å². The van der Waals surface area contributed by atoms with Crippen LogP contribution in [0.3, 0.4) is 0 Å². The molecule has 0 atom stereocenters. The second-order valence-electron chi connectivity index (χ2n) is 9.16. The Labute approximate surface area is 217 Å². The molecule has 0 spiro atoms. The number of benzene rings is 3. The molecule has 5 rings (SSSR count). The third-order valence-electron chi connectivity index (χ3n) is 6.90. The maximum atomic E-state index is 13.8. The molecule has 184 valence electrons. The molecule has 0 bridgehead atoms. The van der Waals surface area contributed by atoms with Gasteiger partial charge in [-0.1, -0.05) is 53.6 Å². The van der Waals surface area contributed by atoms with E-state index >= 15 is 0 Å². The van der Waals surface area contributed by atoms with Gasteiger partial charge in [0, 0.05) is 42.6 Å². The molecule has 0 saturated carbocycles. The number of para-hydroxylation sites is 2. The van der Waals surface area contributed by atoms with Crippen LogP contribution in [0.2, 0.25) is 5.02 Å². The molecule has 0 aliphatic carbocycles. The topological polar surface area (TPSA) is 37.7 Å². The number of ether oxygens (including phenoxy) is 1. The molecule has 3 aromatic carbocycles. The van der Waals surface area contributed by atoms with Gasteiger partial charge < -0.3 is 19.1 Å². The fourth-order valence-electron chi connectivity index (χ4n) is 4.89. The maximum absolute atomic E-state index is 13.8. The van der Waals surface area contributed by atoms with E-state index in [1.54, 1.807) is 7.11 Å². The highest BCUT2D eigenvalue weighted by Crippen LogP contribution is 2.32. The molecule has 0 unspecified atom stereocenters. The fraction of sp³-hybridized carbons (Fsp3) is 0.233. The first-order valence-corrected chi connectivity index (χ1v) is 12.6. The van der Waals surface area contributed by atoms with Crippen LogP contribution in [0.1, 0.15) is 21.6 Å². The number of rotatable bonds is 5. The number of halogens is 1. The molecule has 1 aromatic heterocycles. The summed E-state index contributed by atoms with van der Waals surface area (Å²) in [6, 6.07) is 26.2. The van der Waals surface area contributed by atoms with Crippen LogP contribution in [0.15, 0.2) is 78.9 Å². The number of carbonyl (C=O) groups is 1. The molecule has 6 heteroatoms. The second-order valence-corrected chi connectivity index (χ2v) is 9.59. The summed E-state index contributed by atoms with van der Waals surface area (Å²) in [4.78, 5) is 18.0. The average molecular weight is 500 g/mol. The van der Waals surface area contributed by atoms with Crippen LogP contribution in [-0.4, -0.2) is 48.7 Å². The van der Waals surface area contributed by atoms with Gasteiger partial charge in [-0.2, -0.15) is 0 Å². The van der Waals surface area contributed by atoms with Gasteiger partial charge in [-0.3, -0.25) is 4.79 Å². The van der Waals surface area contributed by atoms with Crippen LogP contribution in [0, 0.1) is 13.8 Å². The first kappa shape index (κ1) is 24.0. The molecule has 5 nitrogen and oxygen atoms in total. The normalized spacial score (nSPS) is 13.7. The minimum absolute atomic E-state index is 0.0632. The minimum atomic E-state index is 0.0632. The Kier molecular flexibility index (Phi) is 6.75. The Bertz CT molecular complexity index is 1370. The number of aryl methyl sites for hydroxylation is 1. The van der Waals surface area contributed by atoms with Crippen LogP contribution in [0.25, 0.3) is 16.9 Å². The summed E-state index contributed by atoms with van der Waals surface area (Å²) in [5.41, 5.74) is 6.95. The van der Waals surface area contributed by atoms with Gasteiger partial charge in [0.1, 0.15) is 5.75 Å².